The summed E-state index contributed by atoms with van der Waals surface area (Å²) >= 11 is 0. The first-order chi connectivity index (χ1) is 8.41. The molecule has 0 aromatic heterocycles. The summed E-state index contributed by atoms with van der Waals surface area (Å²) in [5, 5.41) is 0. The van der Waals surface area contributed by atoms with E-state index in [-0.39, 0.29) is 24.1 Å². The fourth-order valence-corrected chi connectivity index (χ4v) is 2.50. The molecule has 5 heteroatoms. The first kappa shape index (κ1) is 16.7. The summed E-state index contributed by atoms with van der Waals surface area (Å²) in [4.78, 5) is 10.8. The fourth-order valence-electron chi connectivity index (χ4n) is 1.42. The van der Waals surface area contributed by atoms with Gasteiger partial charge in [0.15, 0.2) is 0 Å². The van der Waals surface area contributed by atoms with E-state index in [0.717, 1.165) is 0 Å². The first-order valence-corrected chi connectivity index (χ1v) is 7.21. The number of hydrogen-bond acceptors (Lipinski definition) is 4. The minimum absolute atomic E-state index is 0.0876. The fraction of sp³-hybridized carbons (Fsp3) is 0.615. The van der Waals surface area contributed by atoms with Crippen molar-refractivity contribution in [2.45, 2.75) is 33.1 Å². The molecular formula is C13H18O4S. The maximum absolute atomic E-state index is 11.5. The van der Waals surface area contributed by atoms with Crippen LogP contribution >= 0.6 is 0 Å². The Morgan fingerprint density at radius 2 is 2.11 bits per heavy atom. The van der Waals surface area contributed by atoms with E-state index in [0.29, 0.717) is 19.3 Å². The highest BCUT2D eigenvalue weighted by Gasteiger charge is 2.18. The van der Waals surface area contributed by atoms with E-state index in [2.05, 4.69) is 21.9 Å². The summed E-state index contributed by atoms with van der Waals surface area (Å²) in [7, 11) is -3.65. The molecule has 0 aliphatic rings. The lowest BCUT2D eigenvalue weighted by Gasteiger charge is -2.10. The van der Waals surface area contributed by atoms with Gasteiger partial charge in [0.1, 0.15) is 12.4 Å². The van der Waals surface area contributed by atoms with Crippen LogP contribution in [0.2, 0.25) is 0 Å². The molecule has 0 aliphatic carbocycles. The van der Waals surface area contributed by atoms with Crippen LogP contribution in [0.25, 0.3) is 0 Å². The summed E-state index contributed by atoms with van der Waals surface area (Å²) in [6.45, 7) is 2.89. The molecule has 1 atom stereocenters. The van der Waals surface area contributed by atoms with E-state index >= 15 is 0 Å². The van der Waals surface area contributed by atoms with Crippen molar-refractivity contribution in [3.05, 3.63) is 0 Å². The molecule has 0 aromatic rings. The van der Waals surface area contributed by atoms with Crippen LogP contribution in [0.15, 0.2) is 0 Å². The summed E-state index contributed by atoms with van der Waals surface area (Å²) in [6.07, 6.45) is 6.55. The second-order valence-electron chi connectivity index (χ2n) is 3.88. The molecule has 1 unspecified atom stereocenters. The normalized spacial score (nSPS) is 12.1. The van der Waals surface area contributed by atoms with Crippen molar-refractivity contribution in [3.8, 4) is 24.2 Å². The summed E-state index contributed by atoms with van der Waals surface area (Å²) in [5.41, 5.74) is 0. The second-order valence-corrected chi connectivity index (χ2v) is 5.56. The molecule has 0 aliphatic heterocycles. The molecule has 0 radical (unpaired) electrons. The van der Waals surface area contributed by atoms with Crippen LogP contribution in [0.4, 0.5) is 0 Å². The van der Waals surface area contributed by atoms with E-state index in [1.54, 1.807) is 6.92 Å². The Labute approximate surface area is 109 Å². The Balaban J connectivity index is 4.38. The molecule has 18 heavy (non-hydrogen) atoms. The van der Waals surface area contributed by atoms with Gasteiger partial charge in [-0.3, -0.25) is 4.18 Å². The summed E-state index contributed by atoms with van der Waals surface area (Å²) in [5.74, 6) is 7.19. The van der Waals surface area contributed by atoms with E-state index < -0.39 is 10.1 Å². The van der Waals surface area contributed by atoms with Crippen LogP contribution in [-0.2, 0) is 19.1 Å². The van der Waals surface area contributed by atoms with Crippen LogP contribution in [-0.4, -0.2) is 26.6 Å². The molecule has 0 saturated heterocycles. The summed E-state index contributed by atoms with van der Waals surface area (Å²) < 4.78 is 27.6. The smallest absolute Gasteiger partial charge is 0.269 e. The van der Waals surface area contributed by atoms with Gasteiger partial charge in [-0.05, 0) is 26.7 Å². The SMILES string of the molecule is C#CCOS(=O)(=O)CC(C#CC)CCCC(C)=O. The molecule has 0 spiro atoms. The maximum atomic E-state index is 11.5. The van der Waals surface area contributed by atoms with Crippen molar-refractivity contribution in [1.29, 1.82) is 0 Å². The van der Waals surface area contributed by atoms with Gasteiger partial charge >= 0.3 is 0 Å². The molecule has 4 nitrogen and oxygen atoms in total. The highest BCUT2D eigenvalue weighted by Crippen LogP contribution is 2.12. The van der Waals surface area contributed by atoms with Gasteiger partial charge in [-0.25, -0.2) is 0 Å². The van der Waals surface area contributed by atoms with Gasteiger partial charge in [-0.2, -0.15) is 8.42 Å². The quantitative estimate of drug-likeness (QED) is 0.493. The molecule has 0 amide bonds. The second kappa shape index (κ2) is 8.74. The first-order valence-electron chi connectivity index (χ1n) is 5.63. The molecule has 0 saturated carbocycles. The van der Waals surface area contributed by atoms with Crippen molar-refractivity contribution in [3.63, 3.8) is 0 Å². The van der Waals surface area contributed by atoms with Crippen molar-refractivity contribution in [1.82, 2.24) is 0 Å². The predicted molar refractivity (Wildman–Crippen MR) is 70.0 cm³/mol. The van der Waals surface area contributed by atoms with Crippen LogP contribution in [0.5, 0.6) is 0 Å². The highest BCUT2D eigenvalue weighted by atomic mass is 32.2. The maximum Gasteiger partial charge on any atom is 0.269 e. The Morgan fingerprint density at radius 1 is 1.44 bits per heavy atom. The van der Waals surface area contributed by atoms with Crippen LogP contribution < -0.4 is 0 Å². The van der Waals surface area contributed by atoms with Crippen molar-refractivity contribution < 1.29 is 17.4 Å². The van der Waals surface area contributed by atoms with Crippen molar-refractivity contribution >= 4 is 15.9 Å². The Hall–Kier alpha value is -1.30. The third-order valence-corrected chi connectivity index (χ3v) is 3.44. The Kier molecular flexibility index (Phi) is 8.11. The zero-order valence-electron chi connectivity index (χ0n) is 10.7. The monoisotopic (exact) mass is 270 g/mol. The van der Waals surface area contributed by atoms with E-state index in [4.69, 9.17) is 6.42 Å². The molecule has 0 heterocycles. The average Bonchev–Trinajstić information content (AvgIpc) is 2.25. The molecule has 100 valence electrons. The summed E-state index contributed by atoms with van der Waals surface area (Å²) in [6, 6.07) is 0. The van der Waals surface area contributed by atoms with Crippen molar-refractivity contribution in [2.24, 2.45) is 5.92 Å². The lowest BCUT2D eigenvalue weighted by molar-refractivity contribution is -0.117. The zero-order chi connectivity index (χ0) is 14.0. The van der Waals surface area contributed by atoms with Gasteiger partial charge in [0.2, 0.25) is 0 Å². The highest BCUT2D eigenvalue weighted by molar-refractivity contribution is 7.86. The van der Waals surface area contributed by atoms with Gasteiger partial charge in [0, 0.05) is 12.3 Å². The van der Waals surface area contributed by atoms with Crippen LogP contribution in [0.3, 0.4) is 0 Å². The minimum atomic E-state index is -3.65. The molecule has 0 aromatic carbocycles. The molecule has 0 fully saturated rings. The van der Waals surface area contributed by atoms with E-state index in [9.17, 15) is 13.2 Å². The van der Waals surface area contributed by atoms with Crippen LogP contribution in [0, 0.1) is 30.1 Å². The minimum Gasteiger partial charge on any atom is -0.300 e. The number of ketones is 1. The van der Waals surface area contributed by atoms with Gasteiger partial charge in [0.25, 0.3) is 10.1 Å². The predicted octanol–water partition coefficient (Wildman–Crippen LogP) is 1.36. The number of hydrogen-bond donors (Lipinski definition) is 0. The van der Waals surface area contributed by atoms with Gasteiger partial charge < -0.3 is 4.79 Å². The van der Waals surface area contributed by atoms with Gasteiger partial charge in [-0.15, -0.1) is 12.3 Å². The molecule has 0 N–H and O–H groups in total. The number of rotatable bonds is 8. The van der Waals surface area contributed by atoms with E-state index in [1.807, 2.05) is 0 Å². The molecule has 0 rings (SSSR count). The number of carbonyl (C=O) groups excluding carboxylic acids is 1. The topological polar surface area (TPSA) is 60.4 Å². The lowest BCUT2D eigenvalue weighted by Crippen LogP contribution is -2.18. The Morgan fingerprint density at radius 3 is 2.61 bits per heavy atom. The number of carbonyl (C=O) groups is 1. The average molecular weight is 270 g/mol. The number of terminal acetylenes is 1. The van der Waals surface area contributed by atoms with E-state index in [1.165, 1.54) is 6.92 Å². The van der Waals surface area contributed by atoms with Crippen LogP contribution in [0.1, 0.15) is 33.1 Å². The third-order valence-electron chi connectivity index (χ3n) is 2.16. The standard InChI is InChI=1S/C13H18O4S/c1-4-7-13(9-6-8-12(3)14)11-18(15,16)17-10-5-2/h2,13H,6,8-11H2,1,3H3. The largest absolute Gasteiger partial charge is 0.300 e. The van der Waals surface area contributed by atoms with Gasteiger partial charge in [0.05, 0.1) is 5.75 Å². The Bertz CT molecular complexity index is 459. The third kappa shape index (κ3) is 8.81. The number of Topliss-reactive ketones (excluding diaryl/α,β-unsaturated/α-hetero) is 1. The lowest BCUT2D eigenvalue weighted by atomic mass is 10.0. The van der Waals surface area contributed by atoms with Gasteiger partial charge in [-0.1, -0.05) is 11.8 Å². The van der Waals surface area contributed by atoms with Crippen molar-refractivity contribution in [2.75, 3.05) is 12.4 Å². The molecule has 0 bridgehead atoms. The zero-order valence-corrected chi connectivity index (χ0v) is 11.5. The molecular weight excluding hydrogens is 252 g/mol.